The fourth-order valence-corrected chi connectivity index (χ4v) is 4.97. The molecule has 0 bridgehead atoms. The lowest BCUT2D eigenvalue weighted by Crippen LogP contribution is -2.27. The highest BCUT2D eigenvalue weighted by molar-refractivity contribution is 7.85. The van der Waals surface area contributed by atoms with Gasteiger partial charge in [-0.25, -0.2) is 0 Å². The molecule has 0 aliphatic carbocycles. The van der Waals surface area contributed by atoms with Gasteiger partial charge in [-0.1, -0.05) is 80.1 Å². The first-order valence-corrected chi connectivity index (χ1v) is 14.9. The summed E-state index contributed by atoms with van der Waals surface area (Å²) in [5.74, 6) is 0.915. The van der Waals surface area contributed by atoms with Gasteiger partial charge in [-0.2, -0.15) is 8.42 Å². The van der Waals surface area contributed by atoms with Gasteiger partial charge in [0.05, 0.1) is 16.1 Å². The van der Waals surface area contributed by atoms with E-state index in [0.717, 1.165) is 36.6 Å². The van der Waals surface area contributed by atoms with Crippen LogP contribution in [0.1, 0.15) is 19.4 Å². The Hall–Kier alpha value is -3.91. The van der Waals surface area contributed by atoms with Gasteiger partial charge in [-0.05, 0) is 74.1 Å². The minimum absolute atomic E-state index is 0.0666. The van der Waals surface area contributed by atoms with Crippen molar-refractivity contribution < 1.29 is 17.7 Å². The largest absolute Gasteiger partial charge is 0.492 e. The molecule has 0 aliphatic rings. The molecule has 0 fully saturated rings. The smallest absolute Gasteiger partial charge is 0.294 e. The van der Waals surface area contributed by atoms with E-state index in [1.807, 2.05) is 6.92 Å². The number of fused-ring (bicyclic) bond motifs is 1. The van der Waals surface area contributed by atoms with Crippen molar-refractivity contribution >= 4 is 21.0 Å². The maximum atomic E-state index is 10.5. The third kappa shape index (κ3) is 7.39. The fraction of sp³-hybridized carbons (Fsp3) is 0.212. The van der Waals surface area contributed by atoms with Gasteiger partial charge in [0.25, 0.3) is 10.1 Å². The second-order valence-electron chi connectivity index (χ2n) is 9.45. The molecular formula is C33H36N2O4S. The number of nitrogens with zero attached hydrogens (tertiary/aromatic N) is 2. The van der Waals surface area contributed by atoms with Gasteiger partial charge in [0, 0.05) is 17.6 Å². The zero-order valence-electron chi connectivity index (χ0n) is 23.2. The van der Waals surface area contributed by atoms with E-state index in [-0.39, 0.29) is 4.90 Å². The van der Waals surface area contributed by atoms with Crippen LogP contribution in [-0.2, 0) is 10.1 Å². The van der Waals surface area contributed by atoms with Crippen LogP contribution in [0.4, 0.5) is 0 Å². The van der Waals surface area contributed by atoms with Crippen LogP contribution >= 0.6 is 0 Å². The fourth-order valence-electron chi connectivity index (χ4n) is 4.49. The molecule has 0 saturated carbocycles. The van der Waals surface area contributed by atoms with E-state index in [4.69, 9.17) is 9.29 Å². The summed E-state index contributed by atoms with van der Waals surface area (Å²) in [4.78, 5) is 2.30. The molecule has 0 spiro atoms. The quantitative estimate of drug-likeness (QED) is 0.194. The maximum absolute atomic E-state index is 10.5. The molecule has 0 atom stereocenters. The highest BCUT2D eigenvalue weighted by Gasteiger charge is 2.12. The molecule has 1 N–H and O–H groups in total. The molecule has 0 saturated heterocycles. The molecule has 4 aromatic carbocycles. The van der Waals surface area contributed by atoms with Crippen molar-refractivity contribution in [1.29, 1.82) is 0 Å². The van der Waals surface area contributed by atoms with Crippen LogP contribution in [0.15, 0.2) is 114 Å². The van der Waals surface area contributed by atoms with E-state index >= 15 is 0 Å². The Morgan fingerprint density at radius 2 is 1.43 bits per heavy atom. The summed E-state index contributed by atoms with van der Waals surface area (Å²) in [6.07, 6.45) is 0. The van der Waals surface area contributed by atoms with E-state index in [1.165, 1.54) is 34.3 Å². The summed E-state index contributed by atoms with van der Waals surface area (Å²) < 4.78 is 37.8. The van der Waals surface area contributed by atoms with Gasteiger partial charge < -0.3 is 14.2 Å². The van der Waals surface area contributed by atoms with Crippen molar-refractivity contribution in [1.82, 2.24) is 9.47 Å². The third-order valence-electron chi connectivity index (χ3n) is 6.76. The molecule has 0 aliphatic heterocycles. The molecule has 40 heavy (non-hydrogen) atoms. The molecule has 0 unspecified atom stereocenters. The van der Waals surface area contributed by atoms with Crippen LogP contribution in [0.5, 0.6) is 5.75 Å². The van der Waals surface area contributed by atoms with Gasteiger partial charge in [-0.15, -0.1) is 0 Å². The lowest BCUT2D eigenvalue weighted by atomic mass is 10.1. The van der Waals surface area contributed by atoms with Gasteiger partial charge >= 0.3 is 0 Å². The van der Waals surface area contributed by atoms with Crippen molar-refractivity contribution in [3.8, 4) is 22.7 Å². The molecule has 0 radical (unpaired) electrons. The highest BCUT2D eigenvalue weighted by atomic mass is 32.2. The zero-order chi connectivity index (χ0) is 28.5. The number of hydrogen-bond acceptors (Lipinski definition) is 4. The standard InChI is InChI=1S/C26H28N2O.C7H8O3S/c1-3-27(4-2)18-19-29-24-16-14-23(15-17-24)28-25-13-9-8-12-22(25)20-26(28)21-10-6-5-7-11-21;1-6-2-4-7(5-3-6)11(8,9)10/h5-17,20H,3-4,18-19H2,1-2H3;2-5H,1H3,(H,8,9,10). The lowest BCUT2D eigenvalue weighted by Gasteiger charge is -2.18. The minimum atomic E-state index is -4.02. The van der Waals surface area contributed by atoms with Crippen molar-refractivity contribution in [2.75, 3.05) is 26.2 Å². The van der Waals surface area contributed by atoms with Gasteiger partial charge in [0.1, 0.15) is 12.4 Å². The predicted molar refractivity (Wildman–Crippen MR) is 163 cm³/mol. The van der Waals surface area contributed by atoms with Gasteiger partial charge in [0.15, 0.2) is 0 Å². The number of ether oxygens (including phenoxy) is 1. The Balaban J connectivity index is 0.000000283. The Labute approximate surface area is 237 Å². The van der Waals surface area contributed by atoms with Crippen LogP contribution in [0.25, 0.3) is 27.8 Å². The molecule has 208 valence electrons. The average molecular weight is 557 g/mol. The maximum Gasteiger partial charge on any atom is 0.294 e. The van der Waals surface area contributed by atoms with E-state index in [0.29, 0.717) is 6.61 Å². The summed E-state index contributed by atoms with van der Waals surface area (Å²) >= 11 is 0. The summed E-state index contributed by atoms with van der Waals surface area (Å²) in [6, 6.07) is 35.8. The summed E-state index contributed by atoms with van der Waals surface area (Å²) in [5.41, 5.74) is 5.71. The van der Waals surface area contributed by atoms with Crippen LogP contribution in [0.2, 0.25) is 0 Å². The monoisotopic (exact) mass is 556 g/mol. The van der Waals surface area contributed by atoms with E-state index < -0.39 is 10.1 Å². The molecular weight excluding hydrogens is 520 g/mol. The van der Waals surface area contributed by atoms with E-state index in [2.05, 4.69) is 108 Å². The number of para-hydroxylation sites is 1. The molecule has 6 nitrogen and oxygen atoms in total. The number of likely N-dealkylation sites (N-methyl/N-ethyl adjacent to an activating group) is 1. The highest BCUT2D eigenvalue weighted by Crippen LogP contribution is 2.32. The van der Waals surface area contributed by atoms with Crippen LogP contribution in [0.3, 0.4) is 0 Å². The van der Waals surface area contributed by atoms with Crippen molar-refractivity contribution in [2.24, 2.45) is 0 Å². The third-order valence-corrected chi connectivity index (χ3v) is 7.63. The topological polar surface area (TPSA) is 71.8 Å². The Morgan fingerprint density at radius 1 is 0.800 bits per heavy atom. The van der Waals surface area contributed by atoms with Crippen molar-refractivity contribution in [2.45, 2.75) is 25.7 Å². The first-order valence-electron chi connectivity index (χ1n) is 13.5. The second kappa shape index (κ2) is 13.4. The van der Waals surface area contributed by atoms with Crippen LogP contribution in [-0.4, -0.2) is 48.7 Å². The second-order valence-corrected chi connectivity index (χ2v) is 10.9. The SMILES string of the molecule is CCN(CC)CCOc1ccc(-n2c(-c3ccccc3)cc3ccccc32)cc1.Cc1ccc(S(=O)(=O)O)cc1. The average Bonchev–Trinajstić information content (AvgIpc) is 3.36. The Morgan fingerprint density at radius 3 is 2.05 bits per heavy atom. The number of benzene rings is 4. The summed E-state index contributed by atoms with van der Waals surface area (Å²) in [6.45, 7) is 9.99. The molecule has 0 amide bonds. The van der Waals surface area contributed by atoms with Crippen LogP contribution in [0, 0.1) is 6.92 Å². The molecule has 1 aromatic heterocycles. The van der Waals surface area contributed by atoms with E-state index in [9.17, 15) is 8.42 Å². The summed E-state index contributed by atoms with van der Waals surface area (Å²) in [5, 5.41) is 1.24. The van der Waals surface area contributed by atoms with Crippen LogP contribution < -0.4 is 4.74 Å². The normalized spacial score (nSPS) is 11.3. The van der Waals surface area contributed by atoms with Gasteiger partial charge in [-0.3, -0.25) is 4.55 Å². The Kier molecular flexibility index (Phi) is 9.77. The number of aromatic nitrogens is 1. The zero-order valence-corrected chi connectivity index (χ0v) is 24.0. The van der Waals surface area contributed by atoms with Crippen molar-refractivity contribution in [3.05, 3.63) is 115 Å². The molecule has 1 heterocycles. The van der Waals surface area contributed by atoms with Crippen molar-refractivity contribution in [3.63, 3.8) is 0 Å². The number of rotatable bonds is 9. The first-order chi connectivity index (χ1) is 19.3. The predicted octanol–water partition coefficient (Wildman–Crippen LogP) is 7.26. The molecule has 5 aromatic rings. The lowest BCUT2D eigenvalue weighted by molar-refractivity contribution is 0.223. The summed E-state index contributed by atoms with van der Waals surface area (Å²) in [7, 11) is -4.02. The number of hydrogen-bond donors (Lipinski definition) is 1. The van der Waals surface area contributed by atoms with E-state index in [1.54, 1.807) is 12.1 Å². The molecule has 7 heteroatoms. The number of aryl methyl sites for hydroxylation is 1. The Bertz CT molecular complexity index is 1610. The molecule has 5 rings (SSSR count). The first kappa shape index (κ1) is 29.1. The van der Waals surface area contributed by atoms with Gasteiger partial charge in [0.2, 0.25) is 0 Å². The minimum Gasteiger partial charge on any atom is -0.492 e.